The fourth-order valence-corrected chi connectivity index (χ4v) is 2.84. The quantitative estimate of drug-likeness (QED) is 0.928. The van der Waals surface area contributed by atoms with Crippen molar-refractivity contribution in [2.24, 2.45) is 0 Å². The van der Waals surface area contributed by atoms with Gasteiger partial charge in [0.2, 0.25) is 0 Å². The number of thiophene rings is 1. The number of halogens is 2. The molecule has 0 fully saturated rings. The summed E-state index contributed by atoms with van der Waals surface area (Å²) in [6.07, 6.45) is 1.21. The second-order valence-corrected chi connectivity index (χ2v) is 5.84. The van der Waals surface area contributed by atoms with Crippen molar-refractivity contribution in [2.45, 2.75) is 13.5 Å². The molecule has 0 aromatic carbocycles. The molecule has 0 saturated carbocycles. The smallest absolute Gasteiger partial charge is 0.141 e. The van der Waals surface area contributed by atoms with E-state index in [0.29, 0.717) is 12.4 Å². The van der Waals surface area contributed by atoms with Gasteiger partial charge in [0.1, 0.15) is 11.6 Å². The Balaban J connectivity index is 1.99. The molecule has 0 saturated heterocycles. The molecule has 0 atom stereocenters. The van der Waals surface area contributed by atoms with E-state index in [1.54, 1.807) is 17.4 Å². The summed E-state index contributed by atoms with van der Waals surface area (Å²) in [5.41, 5.74) is 1.23. The minimum atomic E-state index is -0.319. The van der Waals surface area contributed by atoms with Gasteiger partial charge in [-0.15, -0.1) is 11.3 Å². The summed E-state index contributed by atoms with van der Waals surface area (Å²) in [4.78, 5) is 5.15. The van der Waals surface area contributed by atoms with E-state index in [1.807, 2.05) is 0 Å². The zero-order valence-electron chi connectivity index (χ0n) is 8.63. The molecule has 5 heteroatoms. The molecule has 0 unspecified atom stereocenters. The summed E-state index contributed by atoms with van der Waals surface area (Å²) in [6, 6.07) is 5.14. The van der Waals surface area contributed by atoms with Gasteiger partial charge >= 0.3 is 0 Å². The molecule has 0 amide bonds. The Hall–Kier alpha value is -0.940. The van der Waals surface area contributed by atoms with Crippen molar-refractivity contribution in [1.29, 1.82) is 0 Å². The van der Waals surface area contributed by atoms with Crippen molar-refractivity contribution in [3.05, 3.63) is 44.4 Å². The number of anilines is 1. The predicted molar refractivity (Wildman–Crippen MR) is 68.3 cm³/mol. The number of nitrogens with one attached hydrogen (secondary N) is 1. The molecule has 84 valence electrons. The van der Waals surface area contributed by atoms with Crippen LogP contribution >= 0.6 is 27.3 Å². The van der Waals surface area contributed by atoms with Crippen LogP contribution in [0.1, 0.15) is 10.4 Å². The maximum Gasteiger partial charge on any atom is 0.141 e. The lowest BCUT2D eigenvalue weighted by Crippen LogP contribution is -1.99. The Morgan fingerprint density at radius 2 is 2.31 bits per heavy atom. The molecule has 0 aliphatic heterocycles. The Labute approximate surface area is 106 Å². The molecule has 2 aromatic rings. The summed E-state index contributed by atoms with van der Waals surface area (Å²) in [5.74, 6) is 0.365. The van der Waals surface area contributed by atoms with E-state index in [2.05, 4.69) is 39.2 Å². The van der Waals surface area contributed by atoms with Gasteiger partial charge in [0, 0.05) is 4.88 Å². The van der Waals surface area contributed by atoms with E-state index in [4.69, 9.17) is 0 Å². The minimum Gasteiger partial charge on any atom is -0.365 e. The van der Waals surface area contributed by atoms with Crippen molar-refractivity contribution in [2.75, 3.05) is 5.32 Å². The molecule has 0 spiro atoms. The summed E-state index contributed by atoms with van der Waals surface area (Å²) in [7, 11) is 0. The maximum atomic E-state index is 12.6. The van der Waals surface area contributed by atoms with Crippen LogP contribution in [0, 0.1) is 12.7 Å². The van der Waals surface area contributed by atoms with Gasteiger partial charge in [-0.3, -0.25) is 0 Å². The van der Waals surface area contributed by atoms with Gasteiger partial charge in [-0.05, 0) is 46.6 Å². The first kappa shape index (κ1) is 11.5. The second kappa shape index (κ2) is 4.93. The summed E-state index contributed by atoms with van der Waals surface area (Å²) < 4.78 is 13.8. The third kappa shape index (κ3) is 2.80. The van der Waals surface area contributed by atoms with Crippen LogP contribution in [0.25, 0.3) is 0 Å². The lowest BCUT2D eigenvalue weighted by Gasteiger charge is -2.02. The highest BCUT2D eigenvalue weighted by molar-refractivity contribution is 9.11. The monoisotopic (exact) mass is 300 g/mol. The fourth-order valence-electron chi connectivity index (χ4n) is 1.27. The number of aromatic nitrogens is 1. The summed E-state index contributed by atoms with van der Waals surface area (Å²) in [6.45, 7) is 2.76. The van der Waals surface area contributed by atoms with E-state index in [0.717, 1.165) is 3.79 Å². The van der Waals surface area contributed by atoms with Crippen molar-refractivity contribution in [3.63, 3.8) is 0 Å². The molecule has 0 radical (unpaired) electrons. The molecule has 1 N–H and O–H groups in total. The van der Waals surface area contributed by atoms with Crippen LogP contribution in [0.15, 0.2) is 28.2 Å². The average Bonchev–Trinajstić information content (AvgIpc) is 2.58. The van der Waals surface area contributed by atoms with E-state index in [-0.39, 0.29) is 5.82 Å². The lowest BCUT2D eigenvalue weighted by molar-refractivity contribution is 0.621. The van der Waals surface area contributed by atoms with Gasteiger partial charge in [0.25, 0.3) is 0 Å². The predicted octanol–water partition coefficient (Wildman–Crippen LogP) is 3.97. The first-order valence-electron chi connectivity index (χ1n) is 4.75. The average molecular weight is 301 g/mol. The zero-order valence-corrected chi connectivity index (χ0v) is 11.0. The fraction of sp³-hybridized carbons (Fsp3) is 0.182. The van der Waals surface area contributed by atoms with Crippen molar-refractivity contribution < 1.29 is 4.39 Å². The molecular formula is C11H10BrFN2S. The lowest BCUT2D eigenvalue weighted by atomic mass is 10.3. The Morgan fingerprint density at radius 1 is 1.50 bits per heavy atom. The first-order valence-corrected chi connectivity index (χ1v) is 6.36. The standard InChI is InChI=1S/C11H10BrFN2S/c1-7-4-9(16-11(7)12)6-15-10-3-2-8(13)5-14-10/h2-5H,6H2,1H3,(H,14,15). The van der Waals surface area contributed by atoms with Gasteiger partial charge in [-0.25, -0.2) is 9.37 Å². The molecule has 0 bridgehead atoms. The highest BCUT2D eigenvalue weighted by Gasteiger charge is 2.02. The topological polar surface area (TPSA) is 24.9 Å². The number of aryl methyl sites for hydroxylation is 1. The zero-order chi connectivity index (χ0) is 11.5. The van der Waals surface area contributed by atoms with Gasteiger partial charge in [-0.2, -0.15) is 0 Å². The van der Waals surface area contributed by atoms with Crippen LogP contribution in [0.4, 0.5) is 10.2 Å². The molecule has 2 aromatic heterocycles. The van der Waals surface area contributed by atoms with Crippen LogP contribution in [-0.2, 0) is 6.54 Å². The third-order valence-electron chi connectivity index (χ3n) is 2.08. The summed E-state index contributed by atoms with van der Waals surface area (Å²) in [5, 5.41) is 3.14. The van der Waals surface area contributed by atoms with Gasteiger partial charge in [-0.1, -0.05) is 0 Å². The van der Waals surface area contributed by atoms with Crippen LogP contribution in [0.2, 0.25) is 0 Å². The van der Waals surface area contributed by atoms with E-state index >= 15 is 0 Å². The van der Waals surface area contributed by atoms with Crippen molar-refractivity contribution >= 4 is 33.1 Å². The minimum absolute atomic E-state index is 0.319. The Morgan fingerprint density at radius 3 is 2.88 bits per heavy atom. The first-order chi connectivity index (χ1) is 7.65. The highest BCUT2D eigenvalue weighted by atomic mass is 79.9. The molecule has 2 heterocycles. The highest BCUT2D eigenvalue weighted by Crippen LogP contribution is 2.27. The number of hydrogen-bond acceptors (Lipinski definition) is 3. The molecular weight excluding hydrogens is 291 g/mol. The number of nitrogens with zero attached hydrogens (tertiary/aromatic N) is 1. The van der Waals surface area contributed by atoms with Gasteiger partial charge < -0.3 is 5.32 Å². The van der Waals surface area contributed by atoms with Crippen LogP contribution in [0.5, 0.6) is 0 Å². The van der Waals surface area contributed by atoms with Crippen molar-refractivity contribution in [3.8, 4) is 0 Å². The summed E-state index contributed by atoms with van der Waals surface area (Å²) >= 11 is 5.17. The van der Waals surface area contributed by atoms with Crippen LogP contribution < -0.4 is 5.32 Å². The number of pyridine rings is 1. The number of hydrogen-bond donors (Lipinski definition) is 1. The number of rotatable bonds is 3. The molecule has 2 nitrogen and oxygen atoms in total. The molecule has 0 aliphatic rings. The maximum absolute atomic E-state index is 12.6. The van der Waals surface area contributed by atoms with E-state index < -0.39 is 0 Å². The second-order valence-electron chi connectivity index (χ2n) is 3.38. The SMILES string of the molecule is Cc1cc(CNc2ccc(F)cn2)sc1Br. The van der Waals surface area contributed by atoms with Crippen molar-refractivity contribution in [1.82, 2.24) is 4.98 Å². The molecule has 0 aliphatic carbocycles. The van der Waals surface area contributed by atoms with E-state index in [1.165, 1.54) is 22.7 Å². The third-order valence-corrected chi connectivity index (χ3v) is 4.22. The van der Waals surface area contributed by atoms with Gasteiger partial charge in [0.05, 0.1) is 16.5 Å². The normalized spacial score (nSPS) is 10.4. The van der Waals surface area contributed by atoms with Gasteiger partial charge in [0.15, 0.2) is 0 Å². The Kier molecular flexibility index (Phi) is 3.56. The molecule has 2 rings (SSSR count). The van der Waals surface area contributed by atoms with Crippen LogP contribution in [-0.4, -0.2) is 4.98 Å². The van der Waals surface area contributed by atoms with Crippen LogP contribution in [0.3, 0.4) is 0 Å². The Bertz CT molecular complexity index is 462. The largest absolute Gasteiger partial charge is 0.365 e. The van der Waals surface area contributed by atoms with E-state index in [9.17, 15) is 4.39 Å². The molecule has 16 heavy (non-hydrogen) atoms.